The Morgan fingerprint density at radius 1 is 1.05 bits per heavy atom. The van der Waals surface area contributed by atoms with E-state index < -0.39 is 50.6 Å². The van der Waals surface area contributed by atoms with Gasteiger partial charge in [-0.15, -0.1) is 11.3 Å². The molecule has 2 aromatic heterocycles. The number of sulfonamides is 1. The molecule has 0 bridgehead atoms. The van der Waals surface area contributed by atoms with Crippen molar-refractivity contribution < 1.29 is 35.5 Å². The topological polar surface area (TPSA) is 81.6 Å². The average Bonchev–Trinajstić information content (AvgIpc) is 3.39. The highest BCUT2D eigenvalue weighted by Crippen LogP contribution is 2.44. The van der Waals surface area contributed by atoms with E-state index in [1.807, 2.05) is 0 Å². The molecular formula is C27H23F4N3O4S2. The number of halogens is 4. The molecule has 1 saturated heterocycles. The maximum absolute atomic E-state index is 16.3. The van der Waals surface area contributed by atoms with Gasteiger partial charge in [-0.3, -0.25) is 4.98 Å². The molecule has 1 aliphatic heterocycles. The van der Waals surface area contributed by atoms with Gasteiger partial charge in [0.25, 0.3) is 10.0 Å². The van der Waals surface area contributed by atoms with E-state index in [2.05, 4.69) is 4.98 Å². The first-order valence-corrected chi connectivity index (χ1v) is 14.4. The predicted octanol–water partition coefficient (Wildman–Crippen LogP) is 6.12. The van der Waals surface area contributed by atoms with Crippen LogP contribution in [0.4, 0.5) is 23.2 Å². The largest absolute Gasteiger partial charge is 0.381 e. The van der Waals surface area contributed by atoms with Crippen LogP contribution in [-0.4, -0.2) is 45.4 Å². The van der Waals surface area contributed by atoms with E-state index in [0.29, 0.717) is 52.4 Å². The maximum Gasteiger partial charge on any atom is 0.269 e. The summed E-state index contributed by atoms with van der Waals surface area (Å²) in [4.78, 5) is 7.85. The number of rotatable bonds is 8. The first-order chi connectivity index (χ1) is 19.2. The van der Waals surface area contributed by atoms with Gasteiger partial charge in [0.2, 0.25) is 0 Å². The normalized spacial score (nSPS) is 14.4. The third-order valence-corrected chi connectivity index (χ3v) is 9.44. The van der Waals surface area contributed by atoms with Gasteiger partial charge < -0.3 is 9.47 Å². The fourth-order valence-electron chi connectivity index (χ4n) is 4.45. The van der Waals surface area contributed by atoms with Gasteiger partial charge in [-0.1, -0.05) is 6.07 Å². The summed E-state index contributed by atoms with van der Waals surface area (Å²) in [6, 6.07) is 7.37. The van der Waals surface area contributed by atoms with E-state index in [9.17, 15) is 21.6 Å². The van der Waals surface area contributed by atoms with E-state index in [0.717, 1.165) is 12.3 Å². The monoisotopic (exact) mass is 593 g/mol. The minimum absolute atomic E-state index is 0.0173. The average molecular weight is 594 g/mol. The molecule has 0 aliphatic carbocycles. The molecule has 0 spiro atoms. The van der Waals surface area contributed by atoms with Gasteiger partial charge in [-0.05, 0) is 49.2 Å². The summed E-state index contributed by atoms with van der Waals surface area (Å²) >= 11 is 1.22. The lowest BCUT2D eigenvalue weighted by molar-refractivity contribution is 0.0853. The number of benzene rings is 2. The van der Waals surface area contributed by atoms with Crippen molar-refractivity contribution in [3.63, 3.8) is 0 Å². The third-order valence-electron chi connectivity index (χ3n) is 6.44. The Bertz CT molecular complexity index is 1640. The molecule has 13 heteroatoms. The van der Waals surface area contributed by atoms with Crippen LogP contribution < -0.4 is 4.31 Å². The molecule has 5 rings (SSSR count). The van der Waals surface area contributed by atoms with Crippen molar-refractivity contribution in [3.8, 4) is 21.7 Å². The van der Waals surface area contributed by atoms with E-state index >= 15 is 4.39 Å². The summed E-state index contributed by atoms with van der Waals surface area (Å²) in [5.74, 6) is -3.83. The van der Waals surface area contributed by atoms with Crippen molar-refractivity contribution in [1.82, 2.24) is 9.97 Å². The predicted molar refractivity (Wildman–Crippen MR) is 141 cm³/mol. The molecule has 7 nitrogen and oxygen atoms in total. The SMILES string of the molecule is COCN(c1cccc(-c2nc(C3CCOCC3)sc2-c2ccncc2F)c1F)S(=O)(=O)c1cc(F)ccc1F. The molecule has 0 N–H and O–H groups in total. The van der Waals surface area contributed by atoms with E-state index in [1.165, 1.54) is 48.9 Å². The van der Waals surface area contributed by atoms with Crippen molar-refractivity contribution in [3.05, 3.63) is 83.1 Å². The van der Waals surface area contributed by atoms with Gasteiger partial charge in [0, 0.05) is 43.6 Å². The number of pyridine rings is 1. The summed E-state index contributed by atoms with van der Waals surface area (Å²) in [7, 11) is -3.64. The summed E-state index contributed by atoms with van der Waals surface area (Å²) in [6.45, 7) is 0.362. The number of hydrogen-bond donors (Lipinski definition) is 0. The number of nitrogens with zero attached hydrogens (tertiary/aromatic N) is 3. The minimum Gasteiger partial charge on any atom is -0.381 e. The van der Waals surface area contributed by atoms with Crippen molar-refractivity contribution >= 4 is 27.0 Å². The zero-order valence-corrected chi connectivity index (χ0v) is 22.7. The molecule has 0 saturated carbocycles. The molecule has 0 radical (unpaired) electrons. The smallest absolute Gasteiger partial charge is 0.269 e. The van der Waals surface area contributed by atoms with Crippen LogP contribution in [0.3, 0.4) is 0 Å². The number of aromatic nitrogens is 2. The Kier molecular flexibility index (Phi) is 8.17. The van der Waals surface area contributed by atoms with Crippen molar-refractivity contribution in [2.75, 3.05) is 31.4 Å². The highest BCUT2D eigenvalue weighted by Gasteiger charge is 2.32. The Hall–Kier alpha value is -3.39. The summed E-state index contributed by atoms with van der Waals surface area (Å²) < 4.78 is 97.4. The minimum atomic E-state index is -4.82. The van der Waals surface area contributed by atoms with Crippen LogP contribution in [0.1, 0.15) is 23.8 Å². The summed E-state index contributed by atoms with van der Waals surface area (Å²) in [6.07, 6.45) is 3.82. The van der Waals surface area contributed by atoms with Gasteiger partial charge in [0.1, 0.15) is 29.1 Å². The van der Waals surface area contributed by atoms with E-state index in [4.69, 9.17) is 14.5 Å². The zero-order valence-electron chi connectivity index (χ0n) is 21.1. The second kappa shape index (κ2) is 11.6. The molecule has 0 atom stereocenters. The second-order valence-corrected chi connectivity index (χ2v) is 11.8. The highest BCUT2D eigenvalue weighted by molar-refractivity contribution is 7.92. The molecule has 40 heavy (non-hydrogen) atoms. The number of hydrogen-bond acceptors (Lipinski definition) is 7. The van der Waals surface area contributed by atoms with E-state index in [-0.39, 0.29) is 22.7 Å². The molecule has 1 fully saturated rings. The van der Waals surface area contributed by atoms with Crippen LogP contribution in [0.15, 0.2) is 59.8 Å². The molecule has 3 heterocycles. The zero-order chi connectivity index (χ0) is 28.4. The lowest BCUT2D eigenvalue weighted by Crippen LogP contribution is -2.34. The highest BCUT2D eigenvalue weighted by atomic mass is 32.2. The van der Waals surface area contributed by atoms with E-state index in [1.54, 1.807) is 0 Å². The van der Waals surface area contributed by atoms with Gasteiger partial charge in [-0.25, -0.2) is 35.3 Å². The Morgan fingerprint density at radius 2 is 1.82 bits per heavy atom. The fourth-order valence-corrected chi connectivity index (χ4v) is 7.19. The molecule has 4 aromatic rings. The Balaban J connectivity index is 1.67. The molecule has 1 aliphatic rings. The first-order valence-electron chi connectivity index (χ1n) is 12.2. The molecule has 210 valence electrons. The molecule has 0 unspecified atom stereocenters. The van der Waals surface area contributed by atoms with Crippen LogP contribution in [0.25, 0.3) is 21.7 Å². The summed E-state index contributed by atoms with van der Waals surface area (Å²) in [5, 5.41) is 0.664. The van der Waals surface area contributed by atoms with Gasteiger partial charge >= 0.3 is 0 Å². The van der Waals surface area contributed by atoms with Crippen LogP contribution in [0.5, 0.6) is 0 Å². The van der Waals surface area contributed by atoms with Crippen molar-refractivity contribution in [2.24, 2.45) is 0 Å². The lowest BCUT2D eigenvalue weighted by Gasteiger charge is -2.25. The number of thiazole rings is 1. The van der Waals surface area contributed by atoms with Crippen LogP contribution in [-0.2, 0) is 19.5 Å². The molecule has 2 aromatic carbocycles. The van der Waals surface area contributed by atoms with Crippen LogP contribution in [0.2, 0.25) is 0 Å². The Morgan fingerprint density at radius 3 is 2.55 bits per heavy atom. The van der Waals surface area contributed by atoms with Crippen molar-refractivity contribution in [2.45, 2.75) is 23.7 Å². The van der Waals surface area contributed by atoms with Crippen molar-refractivity contribution in [1.29, 1.82) is 0 Å². The molecular weight excluding hydrogens is 570 g/mol. The quantitative estimate of drug-likeness (QED) is 0.181. The lowest BCUT2D eigenvalue weighted by atomic mass is 10.0. The van der Waals surface area contributed by atoms with Gasteiger partial charge in [-0.2, -0.15) is 0 Å². The summed E-state index contributed by atoms with van der Waals surface area (Å²) in [5.41, 5.74) is -0.310. The standard InChI is InChI=1S/C27H23F4N3O4S2/c1-37-15-34(40(35,36)23-13-17(28)5-6-20(23)29)22-4-2-3-19(24(22)31)25-26(18-7-10-32-14-21(18)30)39-27(33-25)16-8-11-38-12-9-16/h2-7,10,13-14,16H,8-9,11-12,15H2,1H3. The second-order valence-electron chi connectivity index (χ2n) is 8.96. The third kappa shape index (κ3) is 5.33. The Labute approximate surface area is 232 Å². The van der Waals surface area contributed by atoms with Crippen LogP contribution >= 0.6 is 11.3 Å². The van der Waals surface area contributed by atoms with Gasteiger partial charge in [0.05, 0.1) is 27.5 Å². The number of anilines is 1. The molecule has 0 amide bonds. The maximum atomic E-state index is 16.3. The van der Waals surface area contributed by atoms with Gasteiger partial charge in [0.15, 0.2) is 5.82 Å². The van der Waals surface area contributed by atoms with Crippen LogP contribution in [0, 0.1) is 23.3 Å². The first kappa shape index (κ1) is 28.1. The fraction of sp³-hybridized carbons (Fsp3) is 0.259. The number of methoxy groups -OCH3 is 1. The number of ether oxygens (including phenoxy) is 2.